The monoisotopic (exact) mass is 287 g/mol. The molecule has 0 radical (unpaired) electrons. The molecule has 3 N–H and O–H groups in total. The van der Waals surface area contributed by atoms with Gasteiger partial charge in [-0.05, 0) is 30.3 Å². The maximum absolute atomic E-state index is 12.1. The predicted octanol–water partition coefficient (Wildman–Crippen LogP) is 0.431. The molecule has 0 saturated carbocycles. The second-order valence-corrected chi connectivity index (χ2v) is 4.78. The van der Waals surface area contributed by atoms with Crippen molar-refractivity contribution in [1.82, 2.24) is 20.2 Å². The average molecular weight is 287 g/mol. The first-order valence-electron chi connectivity index (χ1n) is 6.78. The van der Waals surface area contributed by atoms with E-state index in [-0.39, 0.29) is 5.91 Å². The third kappa shape index (κ3) is 3.21. The molecule has 1 aliphatic rings. The number of morpholine rings is 1. The molecule has 1 aromatic carbocycles. The van der Waals surface area contributed by atoms with Crippen LogP contribution in [0.1, 0.15) is 10.5 Å². The van der Waals surface area contributed by atoms with E-state index in [1.54, 1.807) is 29.1 Å². The Bertz CT molecular complexity index is 617. The predicted molar refractivity (Wildman–Crippen MR) is 77.8 cm³/mol. The van der Waals surface area contributed by atoms with E-state index in [2.05, 4.69) is 10.5 Å². The molecule has 1 fully saturated rings. The Morgan fingerprint density at radius 2 is 1.90 bits per heavy atom. The van der Waals surface area contributed by atoms with Crippen LogP contribution in [-0.4, -0.2) is 47.0 Å². The maximum atomic E-state index is 12.1. The van der Waals surface area contributed by atoms with Crippen LogP contribution in [0.2, 0.25) is 0 Å². The summed E-state index contributed by atoms with van der Waals surface area (Å²) in [4.78, 5) is 12.1. The summed E-state index contributed by atoms with van der Waals surface area (Å²) in [5.41, 5.74) is 10.4. The van der Waals surface area contributed by atoms with E-state index >= 15 is 0 Å². The molecule has 7 nitrogen and oxygen atoms in total. The Labute approximate surface area is 122 Å². The number of nitrogens with zero attached hydrogens (tertiary/aromatic N) is 3. The van der Waals surface area contributed by atoms with Gasteiger partial charge < -0.3 is 10.5 Å². The zero-order chi connectivity index (χ0) is 14.7. The smallest absolute Gasteiger partial charge is 0.286 e. The molecule has 21 heavy (non-hydrogen) atoms. The first-order valence-corrected chi connectivity index (χ1v) is 6.78. The largest absolute Gasteiger partial charge is 0.399 e. The highest BCUT2D eigenvalue weighted by molar-refractivity contribution is 5.91. The number of carbonyl (C=O) groups is 1. The molecule has 7 heteroatoms. The summed E-state index contributed by atoms with van der Waals surface area (Å²) in [5.74, 6) is -0.217. The number of nitrogen functional groups attached to an aromatic ring is 1. The van der Waals surface area contributed by atoms with Gasteiger partial charge >= 0.3 is 0 Å². The van der Waals surface area contributed by atoms with Crippen LogP contribution in [-0.2, 0) is 4.74 Å². The zero-order valence-corrected chi connectivity index (χ0v) is 11.5. The summed E-state index contributed by atoms with van der Waals surface area (Å²) >= 11 is 0. The number of benzene rings is 1. The minimum Gasteiger partial charge on any atom is -0.399 e. The molecule has 3 rings (SSSR count). The summed E-state index contributed by atoms with van der Waals surface area (Å²) in [6.07, 6.45) is 1.75. The van der Waals surface area contributed by atoms with E-state index < -0.39 is 0 Å². The van der Waals surface area contributed by atoms with Gasteiger partial charge in [-0.15, -0.1) is 0 Å². The number of hydrogen-bond acceptors (Lipinski definition) is 5. The normalized spacial score (nSPS) is 15.8. The first kappa shape index (κ1) is 13.6. The number of nitrogens with two attached hydrogens (primary N) is 1. The highest BCUT2D eigenvalue weighted by Gasteiger charge is 2.16. The number of carbonyl (C=O) groups excluding carboxylic acids is 1. The van der Waals surface area contributed by atoms with Crippen LogP contribution in [0.4, 0.5) is 5.69 Å². The first-order chi connectivity index (χ1) is 10.2. The van der Waals surface area contributed by atoms with Gasteiger partial charge in [-0.3, -0.25) is 10.2 Å². The summed E-state index contributed by atoms with van der Waals surface area (Å²) in [5, 5.41) is 6.12. The Kier molecular flexibility index (Phi) is 3.85. The molecule has 0 spiro atoms. The van der Waals surface area contributed by atoms with Gasteiger partial charge in [0.25, 0.3) is 5.91 Å². The van der Waals surface area contributed by atoms with Crippen molar-refractivity contribution in [3.63, 3.8) is 0 Å². The summed E-state index contributed by atoms with van der Waals surface area (Å²) in [7, 11) is 0. The van der Waals surface area contributed by atoms with Crippen molar-refractivity contribution >= 4 is 11.6 Å². The van der Waals surface area contributed by atoms with E-state index in [0.717, 1.165) is 5.69 Å². The van der Waals surface area contributed by atoms with Crippen LogP contribution >= 0.6 is 0 Å². The Balaban J connectivity index is 1.69. The molecule has 2 heterocycles. The van der Waals surface area contributed by atoms with Crippen LogP contribution < -0.4 is 11.2 Å². The number of ether oxygens (including phenoxy) is 1. The molecule has 1 amide bonds. The third-order valence-electron chi connectivity index (χ3n) is 3.25. The fourth-order valence-corrected chi connectivity index (χ4v) is 2.09. The minimum atomic E-state index is -0.217. The van der Waals surface area contributed by atoms with Gasteiger partial charge in [0.05, 0.1) is 18.9 Å². The van der Waals surface area contributed by atoms with E-state index in [9.17, 15) is 4.79 Å². The van der Waals surface area contributed by atoms with Crippen molar-refractivity contribution in [2.45, 2.75) is 0 Å². The molecule has 110 valence electrons. The number of aromatic nitrogens is 2. The third-order valence-corrected chi connectivity index (χ3v) is 3.25. The Morgan fingerprint density at radius 1 is 1.19 bits per heavy atom. The zero-order valence-electron chi connectivity index (χ0n) is 11.5. The lowest BCUT2D eigenvalue weighted by atomic mass is 10.3. The molecule has 1 aromatic heterocycles. The van der Waals surface area contributed by atoms with Gasteiger partial charge in [0.1, 0.15) is 0 Å². The lowest BCUT2D eigenvalue weighted by Gasteiger charge is -2.26. The minimum absolute atomic E-state index is 0.217. The number of hydrogen-bond donors (Lipinski definition) is 2. The number of hydrazine groups is 1. The molecule has 0 aliphatic carbocycles. The number of rotatable bonds is 3. The van der Waals surface area contributed by atoms with Crippen molar-refractivity contribution in [3.05, 3.63) is 42.2 Å². The van der Waals surface area contributed by atoms with Crippen LogP contribution in [0, 0.1) is 0 Å². The van der Waals surface area contributed by atoms with Gasteiger partial charge in [-0.25, -0.2) is 9.69 Å². The van der Waals surface area contributed by atoms with E-state index in [1.807, 2.05) is 17.1 Å². The summed E-state index contributed by atoms with van der Waals surface area (Å²) < 4.78 is 6.88. The fraction of sp³-hybridized carbons (Fsp3) is 0.286. The van der Waals surface area contributed by atoms with Crippen molar-refractivity contribution in [2.75, 3.05) is 32.0 Å². The highest BCUT2D eigenvalue weighted by Crippen LogP contribution is 2.10. The van der Waals surface area contributed by atoms with Crippen LogP contribution in [0.3, 0.4) is 0 Å². The van der Waals surface area contributed by atoms with E-state index in [0.29, 0.717) is 37.7 Å². The van der Waals surface area contributed by atoms with Crippen molar-refractivity contribution in [3.8, 4) is 5.69 Å². The molecule has 1 aliphatic heterocycles. The van der Waals surface area contributed by atoms with Gasteiger partial charge in [-0.1, -0.05) is 0 Å². The number of amides is 1. The quantitative estimate of drug-likeness (QED) is 0.800. The second kappa shape index (κ2) is 5.94. The van der Waals surface area contributed by atoms with Crippen LogP contribution in [0.15, 0.2) is 36.5 Å². The van der Waals surface area contributed by atoms with Crippen molar-refractivity contribution in [1.29, 1.82) is 0 Å². The van der Waals surface area contributed by atoms with Gasteiger partial charge in [-0.2, -0.15) is 5.10 Å². The highest BCUT2D eigenvalue weighted by atomic mass is 16.5. The standard InChI is InChI=1S/C14H17N5O2/c15-11-1-3-12(4-2-11)19-6-5-13(16-19)14(20)17-18-7-9-21-10-8-18/h1-6H,7-10,15H2,(H,17,20). The maximum Gasteiger partial charge on any atom is 0.286 e. The molecule has 0 atom stereocenters. The number of nitrogens with one attached hydrogen (secondary N) is 1. The molecule has 0 bridgehead atoms. The van der Waals surface area contributed by atoms with Crippen LogP contribution in [0.5, 0.6) is 0 Å². The molecule has 0 unspecified atom stereocenters. The van der Waals surface area contributed by atoms with Crippen LogP contribution in [0.25, 0.3) is 5.69 Å². The van der Waals surface area contributed by atoms with Crippen molar-refractivity contribution < 1.29 is 9.53 Å². The van der Waals surface area contributed by atoms with Crippen molar-refractivity contribution in [2.24, 2.45) is 0 Å². The van der Waals surface area contributed by atoms with E-state index in [1.165, 1.54) is 0 Å². The Morgan fingerprint density at radius 3 is 2.62 bits per heavy atom. The topological polar surface area (TPSA) is 85.4 Å². The SMILES string of the molecule is Nc1ccc(-n2ccc(C(=O)NN3CCOCC3)n2)cc1. The van der Waals surface area contributed by atoms with E-state index in [4.69, 9.17) is 10.5 Å². The fourth-order valence-electron chi connectivity index (χ4n) is 2.09. The summed E-state index contributed by atoms with van der Waals surface area (Å²) in [6.45, 7) is 2.62. The van der Waals surface area contributed by atoms with Gasteiger partial charge in [0.2, 0.25) is 0 Å². The lowest BCUT2D eigenvalue weighted by Crippen LogP contribution is -2.48. The molecule has 1 saturated heterocycles. The lowest BCUT2D eigenvalue weighted by molar-refractivity contribution is 0.0124. The van der Waals surface area contributed by atoms with Gasteiger partial charge in [0, 0.05) is 25.0 Å². The molecular weight excluding hydrogens is 270 g/mol. The Hall–Kier alpha value is -2.38. The average Bonchev–Trinajstić information content (AvgIpc) is 2.99. The number of anilines is 1. The second-order valence-electron chi connectivity index (χ2n) is 4.78. The molecular formula is C14H17N5O2. The molecule has 2 aromatic rings. The summed E-state index contributed by atoms with van der Waals surface area (Å²) in [6, 6.07) is 8.99. The van der Waals surface area contributed by atoms with Gasteiger partial charge in [0.15, 0.2) is 5.69 Å².